The van der Waals surface area contributed by atoms with Gasteiger partial charge in [0.25, 0.3) is 5.89 Å². The molecule has 0 N–H and O–H groups in total. The van der Waals surface area contributed by atoms with Crippen molar-refractivity contribution in [1.82, 2.24) is 15.1 Å². The van der Waals surface area contributed by atoms with E-state index < -0.39 is 0 Å². The number of hydrogen-bond acceptors (Lipinski definition) is 9. The molecule has 0 aromatic carbocycles. The summed E-state index contributed by atoms with van der Waals surface area (Å²) in [6.07, 6.45) is 3.29. The van der Waals surface area contributed by atoms with Crippen molar-refractivity contribution in [2.24, 2.45) is 5.16 Å². The fourth-order valence-corrected chi connectivity index (χ4v) is 3.61. The Morgan fingerprint density at radius 3 is 2.79 bits per heavy atom. The topological polar surface area (TPSA) is 91.9 Å². The Morgan fingerprint density at radius 2 is 2.08 bits per heavy atom. The van der Waals surface area contributed by atoms with Gasteiger partial charge in [-0.05, 0) is 19.8 Å². The van der Waals surface area contributed by atoms with Gasteiger partial charge >= 0.3 is 0 Å². The van der Waals surface area contributed by atoms with Gasteiger partial charge in [-0.2, -0.15) is 4.98 Å². The van der Waals surface area contributed by atoms with Crippen LogP contribution in [-0.2, 0) is 20.9 Å². The smallest absolute Gasteiger partial charge is 0.270 e. The fraction of sp³-hybridized carbons (Fsp3) is 0.600. The van der Waals surface area contributed by atoms with Crippen LogP contribution in [0.15, 0.2) is 15.2 Å². The van der Waals surface area contributed by atoms with Gasteiger partial charge in [0.15, 0.2) is 12.4 Å². The fourth-order valence-electron chi connectivity index (χ4n) is 2.89. The molecule has 2 aromatic rings. The summed E-state index contributed by atoms with van der Waals surface area (Å²) in [7, 11) is 0. The first-order valence-electron chi connectivity index (χ1n) is 7.93. The van der Waals surface area contributed by atoms with Gasteiger partial charge in [0.1, 0.15) is 4.88 Å². The largest absolute Gasteiger partial charge is 0.387 e. The normalized spacial score (nSPS) is 19.8. The number of ether oxygens (including phenoxy) is 2. The summed E-state index contributed by atoms with van der Waals surface area (Å²) >= 11 is 1.47. The first-order chi connectivity index (χ1) is 11.7. The van der Waals surface area contributed by atoms with Crippen molar-refractivity contribution in [1.29, 1.82) is 0 Å². The highest BCUT2D eigenvalue weighted by molar-refractivity contribution is 7.13. The minimum Gasteiger partial charge on any atom is -0.387 e. The highest BCUT2D eigenvalue weighted by Gasteiger charge is 2.39. The quantitative estimate of drug-likeness (QED) is 0.783. The third kappa shape index (κ3) is 3.19. The monoisotopic (exact) mass is 350 g/mol. The zero-order valence-electron chi connectivity index (χ0n) is 13.4. The molecule has 4 rings (SSSR count). The Morgan fingerprint density at radius 1 is 1.29 bits per heavy atom. The molecule has 0 amide bonds. The van der Waals surface area contributed by atoms with E-state index in [9.17, 15) is 0 Å². The van der Waals surface area contributed by atoms with Crippen molar-refractivity contribution in [3.8, 4) is 10.8 Å². The summed E-state index contributed by atoms with van der Waals surface area (Å²) in [6, 6.07) is 0. The SMILES string of the molecule is Cc1ncsc1-c1nc(CON=C2CCC3(CC2)OCCO3)no1. The molecule has 2 aromatic heterocycles. The van der Waals surface area contributed by atoms with Crippen molar-refractivity contribution in [3.63, 3.8) is 0 Å². The highest BCUT2D eigenvalue weighted by Crippen LogP contribution is 2.34. The van der Waals surface area contributed by atoms with E-state index in [2.05, 4.69) is 20.3 Å². The molecule has 1 saturated heterocycles. The van der Waals surface area contributed by atoms with Gasteiger partial charge in [-0.15, -0.1) is 11.3 Å². The molecule has 8 nitrogen and oxygen atoms in total. The summed E-state index contributed by atoms with van der Waals surface area (Å²) < 4.78 is 16.6. The first kappa shape index (κ1) is 15.7. The Hall–Kier alpha value is -1.84. The van der Waals surface area contributed by atoms with Crippen LogP contribution < -0.4 is 0 Å². The van der Waals surface area contributed by atoms with E-state index in [-0.39, 0.29) is 12.4 Å². The molecule has 128 valence electrons. The maximum atomic E-state index is 5.70. The Labute approximate surface area is 142 Å². The summed E-state index contributed by atoms with van der Waals surface area (Å²) in [5, 5.41) is 8.11. The summed E-state index contributed by atoms with van der Waals surface area (Å²) in [5.74, 6) is 0.557. The predicted octanol–water partition coefficient (Wildman–Crippen LogP) is 2.69. The van der Waals surface area contributed by atoms with Gasteiger partial charge in [-0.3, -0.25) is 0 Å². The molecule has 2 aliphatic rings. The molecule has 0 atom stereocenters. The van der Waals surface area contributed by atoms with Crippen LogP contribution >= 0.6 is 11.3 Å². The zero-order valence-corrected chi connectivity index (χ0v) is 14.2. The second-order valence-corrected chi connectivity index (χ2v) is 6.68. The van der Waals surface area contributed by atoms with Crippen LogP contribution in [0.25, 0.3) is 10.8 Å². The summed E-state index contributed by atoms with van der Waals surface area (Å²) in [6.45, 7) is 3.46. The minimum absolute atomic E-state index is 0.184. The van der Waals surface area contributed by atoms with Crippen molar-refractivity contribution in [2.75, 3.05) is 13.2 Å². The van der Waals surface area contributed by atoms with E-state index in [0.717, 1.165) is 42.0 Å². The molecule has 1 aliphatic carbocycles. The molecule has 0 radical (unpaired) electrons. The van der Waals surface area contributed by atoms with E-state index in [4.69, 9.17) is 18.8 Å². The Bertz CT molecular complexity index is 723. The van der Waals surface area contributed by atoms with Gasteiger partial charge < -0.3 is 18.8 Å². The average molecular weight is 350 g/mol. The molecule has 1 saturated carbocycles. The van der Waals surface area contributed by atoms with Crippen molar-refractivity contribution in [2.45, 2.75) is 45.0 Å². The predicted molar refractivity (Wildman–Crippen MR) is 85.5 cm³/mol. The summed E-state index contributed by atoms with van der Waals surface area (Å²) in [4.78, 5) is 14.7. The minimum atomic E-state index is -0.381. The lowest BCUT2D eigenvalue weighted by molar-refractivity contribution is -0.168. The van der Waals surface area contributed by atoms with Gasteiger partial charge in [0, 0.05) is 12.8 Å². The van der Waals surface area contributed by atoms with Crippen molar-refractivity contribution < 1.29 is 18.8 Å². The van der Waals surface area contributed by atoms with Crippen LogP contribution in [0.4, 0.5) is 0 Å². The Balaban J connectivity index is 1.30. The highest BCUT2D eigenvalue weighted by atomic mass is 32.1. The van der Waals surface area contributed by atoms with Gasteiger partial charge in [-0.1, -0.05) is 10.3 Å². The number of aryl methyl sites for hydroxylation is 1. The molecule has 1 aliphatic heterocycles. The number of nitrogens with zero attached hydrogens (tertiary/aromatic N) is 4. The molecule has 2 fully saturated rings. The lowest BCUT2D eigenvalue weighted by atomic mass is 9.92. The van der Waals surface area contributed by atoms with Crippen LogP contribution in [-0.4, -0.2) is 39.8 Å². The number of rotatable bonds is 4. The van der Waals surface area contributed by atoms with Crippen LogP contribution in [0.3, 0.4) is 0 Å². The number of hydrogen-bond donors (Lipinski definition) is 0. The molecule has 0 bridgehead atoms. The zero-order chi connectivity index (χ0) is 16.4. The van der Waals surface area contributed by atoms with E-state index >= 15 is 0 Å². The van der Waals surface area contributed by atoms with Crippen LogP contribution in [0.1, 0.15) is 37.2 Å². The molecule has 0 unspecified atom stereocenters. The van der Waals surface area contributed by atoms with Crippen molar-refractivity contribution >= 4 is 17.0 Å². The molecule has 3 heterocycles. The molecular weight excluding hydrogens is 332 g/mol. The third-order valence-electron chi connectivity index (χ3n) is 4.20. The number of thiazole rings is 1. The van der Waals surface area contributed by atoms with Gasteiger partial charge in [-0.25, -0.2) is 4.98 Å². The van der Waals surface area contributed by atoms with Gasteiger partial charge in [0.05, 0.1) is 30.1 Å². The standard InChI is InChI=1S/C15H18N4O4S/c1-10-13(24-9-16-10)14-17-12(19-23-14)8-22-18-11-2-4-15(5-3-11)20-6-7-21-15/h9H,2-8H2,1H3. The van der Waals surface area contributed by atoms with E-state index in [1.54, 1.807) is 5.51 Å². The molecule has 9 heteroatoms. The molecular formula is C15H18N4O4S. The maximum absolute atomic E-state index is 5.70. The maximum Gasteiger partial charge on any atom is 0.270 e. The lowest BCUT2D eigenvalue weighted by Crippen LogP contribution is -2.35. The number of aromatic nitrogens is 3. The van der Waals surface area contributed by atoms with E-state index in [1.807, 2.05) is 6.92 Å². The second-order valence-electron chi connectivity index (χ2n) is 5.82. The van der Waals surface area contributed by atoms with Crippen molar-refractivity contribution in [3.05, 3.63) is 17.0 Å². The molecule has 1 spiro atoms. The molecule has 24 heavy (non-hydrogen) atoms. The van der Waals surface area contributed by atoms with E-state index in [1.165, 1.54) is 11.3 Å². The third-order valence-corrected chi connectivity index (χ3v) is 5.11. The van der Waals surface area contributed by atoms with Gasteiger partial charge in [0.2, 0.25) is 5.82 Å². The lowest BCUT2D eigenvalue weighted by Gasteiger charge is -2.31. The van der Waals surface area contributed by atoms with E-state index in [0.29, 0.717) is 24.9 Å². The van der Waals surface area contributed by atoms with Crippen LogP contribution in [0, 0.1) is 6.92 Å². The Kier molecular flexibility index (Phi) is 4.30. The second kappa shape index (κ2) is 6.58. The van der Waals surface area contributed by atoms with Crippen LogP contribution in [0.2, 0.25) is 0 Å². The number of oxime groups is 1. The summed E-state index contributed by atoms with van der Waals surface area (Å²) in [5.41, 5.74) is 3.65. The first-order valence-corrected chi connectivity index (χ1v) is 8.81. The van der Waals surface area contributed by atoms with Crippen LogP contribution in [0.5, 0.6) is 0 Å². The average Bonchev–Trinajstić information content (AvgIpc) is 3.31.